The van der Waals surface area contributed by atoms with Gasteiger partial charge >= 0.3 is 0 Å². The van der Waals surface area contributed by atoms with E-state index in [1.54, 1.807) is 13.3 Å². The fourth-order valence-electron chi connectivity index (χ4n) is 1.93. The minimum Gasteiger partial charge on any atom is -0.395 e. The lowest BCUT2D eigenvalue weighted by Gasteiger charge is -2.15. The highest BCUT2D eigenvalue weighted by Crippen LogP contribution is 2.15. The zero-order chi connectivity index (χ0) is 12.8. The maximum absolute atomic E-state index is 9.26. The summed E-state index contributed by atoms with van der Waals surface area (Å²) in [5, 5.41) is 13.7. The summed E-state index contributed by atoms with van der Waals surface area (Å²) in [6.45, 7) is 1.47. The Kier molecular flexibility index (Phi) is 4.69. The lowest BCUT2D eigenvalue weighted by molar-refractivity contribution is 0.159. The van der Waals surface area contributed by atoms with E-state index < -0.39 is 0 Å². The Labute approximate surface area is 106 Å². The van der Waals surface area contributed by atoms with Gasteiger partial charge in [0.1, 0.15) is 5.65 Å². The number of hydrogen-bond donors (Lipinski definition) is 3. The third-order valence-corrected chi connectivity index (χ3v) is 3.01. The number of H-pyrrole nitrogens is 1. The van der Waals surface area contributed by atoms with E-state index in [0.717, 1.165) is 23.0 Å². The molecule has 0 amide bonds. The molecule has 2 rings (SSSR count). The Hall–Kier alpha value is -1.43. The lowest BCUT2D eigenvalue weighted by atomic mass is 10.2. The van der Waals surface area contributed by atoms with Gasteiger partial charge in [0.05, 0.1) is 6.61 Å². The van der Waals surface area contributed by atoms with Crippen LogP contribution in [0.2, 0.25) is 0 Å². The Bertz CT molecular complexity index is 484. The number of aliphatic hydroxyl groups is 1. The molecule has 0 aliphatic carbocycles. The predicted octanol–water partition coefficient (Wildman–Crippen LogP) is 1.05. The molecule has 1 unspecified atom stereocenters. The van der Waals surface area contributed by atoms with Gasteiger partial charge < -0.3 is 20.1 Å². The van der Waals surface area contributed by atoms with E-state index in [2.05, 4.69) is 15.3 Å². The van der Waals surface area contributed by atoms with Gasteiger partial charge in [0, 0.05) is 44.1 Å². The van der Waals surface area contributed by atoms with Crippen molar-refractivity contribution in [3.63, 3.8) is 0 Å². The predicted molar refractivity (Wildman–Crippen MR) is 70.3 cm³/mol. The highest BCUT2D eigenvalue weighted by molar-refractivity contribution is 5.79. The first kappa shape index (κ1) is 13.0. The number of nitrogens with zero attached hydrogens (tertiary/aromatic N) is 1. The highest BCUT2D eigenvalue weighted by Gasteiger charge is 2.08. The Morgan fingerprint density at radius 3 is 3.22 bits per heavy atom. The molecular formula is C13H19N3O2. The number of rotatable bonds is 7. The molecule has 3 N–H and O–H groups in total. The third kappa shape index (κ3) is 3.07. The van der Waals surface area contributed by atoms with Crippen LogP contribution in [-0.4, -0.2) is 41.4 Å². The van der Waals surface area contributed by atoms with Crippen molar-refractivity contribution >= 4 is 11.0 Å². The van der Waals surface area contributed by atoms with E-state index in [1.807, 2.05) is 18.3 Å². The maximum atomic E-state index is 9.26. The molecule has 1 atom stereocenters. The van der Waals surface area contributed by atoms with E-state index in [1.165, 1.54) is 0 Å². The number of pyridine rings is 1. The highest BCUT2D eigenvalue weighted by atomic mass is 16.5. The first-order valence-corrected chi connectivity index (χ1v) is 6.09. The first-order chi connectivity index (χ1) is 8.85. The van der Waals surface area contributed by atoms with Gasteiger partial charge in [-0.05, 0) is 24.1 Å². The smallest absolute Gasteiger partial charge is 0.137 e. The lowest BCUT2D eigenvalue weighted by Crippen LogP contribution is -2.33. The van der Waals surface area contributed by atoms with Gasteiger partial charge in [0.25, 0.3) is 0 Å². The van der Waals surface area contributed by atoms with Crippen molar-refractivity contribution in [2.24, 2.45) is 0 Å². The number of methoxy groups -OCH3 is 1. The molecule has 0 aromatic carbocycles. The number of hydrogen-bond acceptors (Lipinski definition) is 4. The summed E-state index contributed by atoms with van der Waals surface area (Å²) in [5.41, 5.74) is 2.06. The molecule has 5 heteroatoms. The van der Waals surface area contributed by atoms with E-state index in [4.69, 9.17) is 4.74 Å². The number of fused-ring (bicyclic) bond motifs is 1. The molecule has 0 aliphatic rings. The van der Waals surface area contributed by atoms with E-state index in [-0.39, 0.29) is 12.6 Å². The van der Waals surface area contributed by atoms with E-state index >= 15 is 0 Å². The summed E-state index contributed by atoms with van der Waals surface area (Å²) in [4.78, 5) is 7.38. The number of aliphatic hydroxyl groups excluding tert-OH is 1. The summed E-state index contributed by atoms with van der Waals surface area (Å²) in [5.74, 6) is 0. The van der Waals surface area contributed by atoms with Crippen molar-refractivity contribution in [3.8, 4) is 0 Å². The summed E-state index contributed by atoms with van der Waals surface area (Å²) in [6.07, 6.45) is 4.52. The van der Waals surface area contributed by atoms with Crippen molar-refractivity contribution in [1.29, 1.82) is 0 Å². The molecule has 2 heterocycles. The molecular weight excluding hydrogens is 230 g/mol. The van der Waals surface area contributed by atoms with Crippen molar-refractivity contribution < 1.29 is 9.84 Å². The fraction of sp³-hybridized carbons (Fsp3) is 0.462. The van der Waals surface area contributed by atoms with Gasteiger partial charge in [-0.25, -0.2) is 4.98 Å². The largest absolute Gasteiger partial charge is 0.395 e. The Balaban J connectivity index is 1.96. The summed E-state index contributed by atoms with van der Waals surface area (Å²) >= 11 is 0. The molecule has 0 spiro atoms. The molecule has 0 saturated carbocycles. The number of aromatic nitrogens is 2. The van der Waals surface area contributed by atoms with Crippen LogP contribution in [0, 0.1) is 0 Å². The molecule has 98 valence electrons. The first-order valence-electron chi connectivity index (χ1n) is 6.09. The van der Waals surface area contributed by atoms with Gasteiger partial charge in [-0.15, -0.1) is 0 Å². The molecule has 2 aromatic rings. The van der Waals surface area contributed by atoms with Crippen LogP contribution in [-0.2, 0) is 11.3 Å². The Morgan fingerprint density at radius 1 is 1.56 bits per heavy atom. The van der Waals surface area contributed by atoms with Crippen molar-refractivity contribution in [1.82, 2.24) is 15.3 Å². The zero-order valence-electron chi connectivity index (χ0n) is 10.5. The molecule has 0 fully saturated rings. The second-order valence-corrected chi connectivity index (χ2v) is 4.26. The maximum Gasteiger partial charge on any atom is 0.137 e. The zero-order valence-corrected chi connectivity index (χ0v) is 10.5. The van der Waals surface area contributed by atoms with Crippen LogP contribution >= 0.6 is 0 Å². The van der Waals surface area contributed by atoms with Crippen LogP contribution in [0.1, 0.15) is 12.0 Å². The van der Waals surface area contributed by atoms with Gasteiger partial charge in [-0.2, -0.15) is 0 Å². The molecule has 2 aromatic heterocycles. The van der Waals surface area contributed by atoms with Crippen molar-refractivity contribution in [2.75, 3.05) is 20.3 Å². The SMILES string of the molecule is COCCC(CO)NCc1c[nH]c2ncccc12. The molecule has 0 aliphatic heterocycles. The topological polar surface area (TPSA) is 70.2 Å². The molecule has 0 saturated heterocycles. The van der Waals surface area contributed by atoms with Gasteiger partial charge in [0.15, 0.2) is 0 Å². The monoisotopic (exact) mass is 249 g/mol. The second kappa shape index (κ2) is 6.49. The van der Waals surface area contributed by atoms with Crippen LogP contribution in [0.15, 0.2) is 24.5 Å². The van der Waals surface area contributed by atoms with Gasteiger partial charge in [0.2, 0.25) is 0 Å². The van der Waals surface area contributed by atoms with Crippen molar-refractivity contribution in [2.45, 2.75) is 19.0 Å². The minimum atomic E-state index is 0.0616. The summed E-state index contributed by atoms with van der Waals surface area (Å²) < 4.78 is 5.01. The summed E-state index contributed by atoms with van der Waals surface area (Å²) in [7, 11) is 1.67. The van der Waals surface area contributed by atoms with Gasteiger partial charge in [-0.3, -0.25) is 0 Å². The fourth-order valence-corrected chi connectivity index (χ4v) is 1.93. The van der Waals surface area contributed by atoms with E-state index in [9.17, 15) is 5.11 Å². The number of ether oxygens (including phenoxy) is 1. The number of nitrogens with one attached hydrogen (secondary N) is 2. The Morgan fingerprint density at radius 2 is 2.44 bits per heavy atom. The molecule has 0 radical (unpaired) electrons. The van der Waals surface area contributed by atoms with Crippen LogP contribution in [0.3, 0.4) is 0 Å². The average Bonchev–Trinajstić information content (AvgIpc) is 2.82. The quantitative estimate of drug-likeness (QED) is 0.686. The van der Waals surface area contributed by atoms with Gasteiger partial charge in [-0.1, -0.05) is 0 Å². The molecule has 0 bridgehead atoms. The average molecular weight is 249 g/mol. The van der Waals surface area contributed by atoms with Crippen molar-refractivity contribution in [3.05, 3.63) is 30.1 Å². The van der Waals surface area contributed by atoms with Crippen LogP contribution in [0.5, 0.6) is 0 Å². The minimum absolute atomic E-state index is 0.0616. The second-order valence-electron chi connectivity index (χ2n) is 4.26. The molecule has 5 nitrogen and oxygen atoms in total. The van der Waals surface area contributed by atoms with Crippen LogP contribution in [0.25, 0.3) is 11.0 Å². The summed E-state index contributed by atoms with van der Waals surface area (Å²) in [6, 6.07) is 4.03. The van der Waals surface area contributed by atoms with E-state index in [0.29, 0.717) is 13.2 Å². The number of aromatic amines is 1. The normalized spacial score (nSPS) is 13.0. The van der Waals surface area contributed by atoms with Crippen LogP contribution in [0.4, 0.5) is 0 Å². The standard InChI is InChI=1S/C13H19N3O2/c1-18-6-4-11(9-17)15-7-10-8-16-13-12(10)3-2-5-14-13/h2-3,5,8,11,15,17H,4,6-7,9H2,1H3,(H,14,16). The van der Waals surface area contributed by atoms with Crippen LogP contribution < -0.4 is 5.32 Å². The molecule has 18 heavy (non-hydrogen) atoms. The third-order valence-electron chi connectivity index (χ3n) is 3.01.